The van der Waals surface area contributed by atoms with E-state index in [4.69, 9.17) is 18.9 Å². The van der Waals surface area contributed by atoms with Crippen LogP contribution in [0.4, 0.5) is 0 Å². The molecule has 2 atom stereocenters. The zero-order chi connectivity index (χ0) is 15.9. The van der Waals surface area contributed by atoms with Crippen molar-refractivity contribution < 1.29 is 29.2 Å². The van der Waals surface area contributed by atoms with E-state index in [1.54, 1.807) is 23.5 Å². The smallest absolute Gasteiger partial charge is 0.0863 e. The van der Waals surface area contributed by atoms with Crippen LogP contribution in [0.3, 0.4) is 0 Å². The quantitative estimate of drug-likeness (QED) is 0.640. The Bertz CT molecular complexity index is 203. The lowest BCUT2D eigenvalue weighted by Gasteiger charge is -2.13. The van der Waals surface area contributed by atoms with E-state index in [9.17, 15) is 10.2 Å². The van der Waals surface area contributed by atoms with Crippen LogP contribution in [0.1, 0.15) is 0 Å². The molecule has 0 aromatic heterocycles. The summed E-state index contributed by atoms with van der Waals surface area (Å²) in [6.07, 6.45) is -0.896. The monoisotopic (exact) mass is 356 g/mol. The van der Waals surface area contributed by atoms with Crippen molar-refractivity contribution in [3.8, 4) is 0 Å². The molecular formula is C14H28O6S2. The lowest BCUT2D eigenvalue weighted by molar-refractivity contribution is -0.0159. The summed E-state index contributed by atoms with van der Waals surface area (Å²) in [6.45, 7) is 3.91. The van der Waals surface area contributed by atoms with Crippen molar-refractivity contribution in [1.82, 2.24) is 0 Å². The largest absolute Gasteiger partial charge is 0.390 e. The average Bonchev–Trinajstić information content (AvgIpc) is 2.50. The predicted molar refractivity (Wildman–Crippen MR) is 89.9 cm³/mol. The van der Waals surface area contributed by atoms with Gasteiger partial charge in [0, 0.05) is 23.0 Å². The molecule has 0 radical (unpaired) electrons. The topological polar surface area (TPSA) is 77.4 Å². The van der Waals surface area contributed by atoms with Crippen molar-refractivity contribution in [1.29, 1.82) is 0 Å². The fraction of sp³-hybridized carbons (Fsp3) is 1.00. The van der Waals surface area contributed by atoms with Gasteiger partial charge in [-0.2, -0.15) is 23.5 Å². The molecule has 0 saturated carbocycles. The molecule has 0 aromatic rings. The number of aliphatic hydroxyl groups is 2. The number of hydrogen-bond donors (Lipinski definition) is 2. The second-order valence-electron chi connectivity index (χ2n) is 4.83. The molecule has 0 aliphatic carbocycles. The summed E-state index contributed by atoms with van der Waals surface area (Å²) in [5, 5.41) is 19.4. The number of hydrogen-bond acceptors (Lipinski definition) is 8. The van der Waals surface area contributed by atoms with Crippen molar-refractivity contribution in [3.63, 3.8) is 0 Å². The highest BCUT2D eigenvalue weighted by Crippen LogP contribution is 2.06. The van der Waals surface area contributed by atoms with E-state index in [1.807, 2.05) is 0 Å². The van der Waals surface area contributed by atoms with Crippen molar-refractivity contribution in [3.05, 3.63) is 0 Å². The van der Waals surface area contributed by atoms with Crippen LogP contribution in [-0.4, -0.2) is 98.3 Å². The molecule has 1 aliphatic rings. The van der Waals surface area contributed by atoms with Gasteiger partial charge in [-0.15, -0.1) is 0 Å². The van der Waals surface area contributed by atoms with Crippen LogP contribution in [0.5, 0.6) is 0 Å². The Morgan fingerprint density at radius 2 is 1.00 bits per heavy atom. The molecule has 2 unspecified atom stereocenters. The van der Waals surface area contributed by atoms with Crippen LogP contribution in [0, 0.1) is 0 Å². The first kappa shape index (κ1) is 20.5. The minimum atomic E-state index is -0.448. The molecule has 0 spiro atoms. The summed E-state index contributed by atoms with van der Waals surface area (Å²) < 4.78 is 21.5. The molecule has 0 aromatic carbocycles. The molecule has 132 valence electrons. The third kappa shape index (κ3) is 13.0. The number of ether oxygens (including phenoxy) is 4. The van der Waals surface area contributed by atoms with Gasteiger partial charge >= 0.3 is 0 Å². The second-order valence-corrected chi connectivity index (χ2v) is 7.13. The molecule has 8 heteroatoms. The van der Waals surface area contributed by atoms with Gasteiger partial charge in [-0.05, 0) is 0 Å². The maximum atomic E-state index is 9.72. The molecular weight excluding hydrogens is 328 g/mol. The Labute approximate surface area is 141 Å². The molecule has 6 nitrogen and oxygen atoms in total. The van der Waals surface area contributed by atoms with Gasteiger partial charge in [0.05, 0.1) is 65.1 Å². The van der Waals surface area contributed by atoms with E-state index in [0.717, 1.165) is 11.5 Å². The van der Waals surface area contributed by atoms with Crippen molar-refractivity contribution in [2.75, 3.05) is 75.9 Å². The van der Waals surface area contributed by atoms with Crippen LogP contribution >= 0.6 is 23.5 Å². The molecule has 1 aliphatic heterocycles. The van der Waals surface area contributed by atoms with Crippen LogP contribution in [0.2, 0.25) is 0 Å². The second kappa shape index (κ2) is 15.0. The molecule has 1 saturated heterocycles. The zero-order valence-electron chi connectivity index (χ0n) is 13.0. The van der Waals surface area contributed by atoms with Crippen molar-refractivity contribution >= 4 is 23.5 Å². The van der Waals surface area contributed by atoms with Crippen LogP contribution in [0.25, 0.3) is 0 Å². The fourth-order valence-electron chi connectivity index (χ4n) is 1.65. The molecule has 1 fully saturated rings. The first-order valence-corrected chi connectivity index (χ1v) is 9.92. The Morgan fingerprint density at radius 1 is 0.591 bits per heavy atom. The van der Waals surface area contributed by atoms with E-state index in [1.165, 1.54) is 0 Å². The first-order chi connectivity index (χ1) is 10.8. The summed E-state index contributed by atoms with van der Waals surface area (Å²) >= 11 is 3.32. The highest BCUT2D eigenvalue weighted by molar-refractivity contribution is 7.99. The van der Waals surface area contributed by atoms with E-state index in [-0.39, 0.29) is 0 Å². The van der Waals surface area contributed by atoms with Crippen LogP contribution in [-0.2, 0) is 18.9 Å². The van der Waals surface area contributed by atoms with Gasteiger partial charge in [0.15, 0.2) is 0 Å². The fourth-order valence-corrected chi connectivity index (χ4v) is 3.19. The summed E-state index contributed by atoms with van der Waals surface area (Å²) in [6, 6.07) is 0. The Kier molecular flexibility index (Phi) is 14.0. The normalized spacial score (nSPS) is 29.7. The van der Waals surface area contributed by atoms with E-state index in [0.29, 0.717) is 64.4 Å². The molecule has 0 amide bonds. The minimum Gasteiger partial charge on any atom is -0.390 e. The van der Waals surface area contributed by atoms with Crippen molar-refractivity contribution in [2.24, 2.45) is 0 Å². The maximum absolute atomic E-state index is 9.72. The molecule has 0 bridgehead atoms. The molecule has 1 rings (SSSR count). The summed E-state index contributed by atoms with van der Waals surface area (Å²) in [5.74, 6) is 3.03. The zero-order valence-corrected chi connectivity index (χ0v) is 14.6. The van der Waals surface area contributed by atoms with Gasteiger partial charge in [-0.1, -0.05) is 0 Å². The van der Waals surface area contributed by atoms with Gasteiger partial charge in [0.1, 0.15) is 0 Å². The highest BCUT2D eigenvalue weighted by Gasteiger charge is 2.06. The minimum absolute atomic E-state index is 0.330. The Balaban J connectivity index is 2.15. The molecule has 1 heterocycles. The SMILES string of the molecule is OC1COCCOCCOCC(O)CSCCOCCSC1. The average molecular weight is 357 g/mol. The first-order valence-electron chi connectivity index (χ1n) is 7.61. The third-order valence-electron chi connectivity index (χ3n) is 2.73. The molecule has 22 heavy (non-hydrogen) atoms. The number of rotatable bonds is 0. The third-order valence-corrected chi connectivity index (χ3v) is 4.88. The van der Waals surface area contributed by atoms with Gasteiger partial charge in [-0.25, -0.2) is 0 Å². The summed E-state index contributed by atoms with van der Waals surface area (Å²) in [7, 11) is 0. The van der Waals surface area contributed by atoms with Crippen LogP contribution in [0.15, 0.2) is 0 Å². The standard InChI is InChI=1S/C14H28O6S2/c15-13-9-19-3-1-17-2-4-20-10-14(16)12-22-8-6-18-5-7-21-11-13/h13-16H,1-12H2. The Morgan fingerprint density at radius 3 is 1.50 bits per heavy atom. The van der Waals surface area contributed by atoms with Crippen molar-refractivity contribution in [2.45, 2.75) is 12.2 Å². The lowest BCUT2D eigenvalue weighted by Crippen LogP contribution is -2.22. The van der Waals surface area contributed by atoms with E-state index < -0.39 is 12.2 Å². The summed E-state index contributed by atoms with van der Waals surface area (Å²) in [5.41, 5.74) is 0. The number of aliphatic hydroxyl groups excluding tert-OH is 2. The highest BCUT2D eigenvalue weighted by atomic mass is 32.2. The predicted octanol–water partition coefficient (Wildman–Crippen LogP) is 0.255. The Hall–Kier alpha value is 0.460. The maximum Gasteiger partial charge on any atom is 0.0863 e. The van der Waals surface area contributed by atoms with E-state index in [2.05, 4.69) is 0 Å². The molecule has 2 N–H and O–H groups in total. The van der Waals surface area contributed by atoms with Gasteiger partial charge in [0.2, 0.25) is 0 Å². The van der Waals surface area contributed by atoms with E-state index >= 15 is 0 Å². The van der Waals surface area contributed by atoms with Gasteiger partial charge in [0.25, 0.3) is 0 Å². The van der Waals surface area contributed by atoms with Crippen LogP contribution < -0.4 is 0 Å². The van der Waals surface area contributed by atoms with Gasteiger partial charge < -0.3 is 29.2 Å². The number of thioether (sulfide) groups is 2. The lowest BCUT2D eigenvalue weighted by atomic mass is 10.4. The van der Waals surface area contributed by atoms with Gasteiger partial charge in [-0.3, -0.25) is 0 Å². The summed E-state index contributed by atoms with van der Waals surface area (Å²) in [4.78, 5) is 0.